The molecular formula is C13H17BrN4S. The minimum Gasteiger partial charge on any atom is -0.370 e. The summed E-state index contributed by atoms with van der Waals surface area (Å²) in [5.41, 5.74) is 0. The summed E-state index contributed by atoms with van der Waals surface area (Å²) < 4.78 is 1.12. The fourth-order valence-corrected chi connectivity index (χ4v) is 3.02. The normalized spacial score (nSPS) is 10.5. The van der Waals surface area contributed by atoms with Gasteiger partial charge < -0.3 is 10.6 Å². The van der Waals surface area contributed by atoms with Gasteiger partial charge in [0, 0.05) is 27.3 Å². The van der Waals surface area contributed by atoms with E-state index in [0.29, 0.717) is 0 Å². The predicted molar refractivity (Wildman–Crippen MR) is 84.9 cm³/mol. The third-order valence-corrected chi connectivity index (χ3v) is 4.16. The Balaban J connectivity index is 2.01. The lowest BCUT2D eigenvalue weighted by Crippen LogP contribution is -2.07. The highest BCUT2D eigenvalue weighted by molar-refractivity contribution is 9.10. The summed E-state index contributed by atoms with van der Waals surface area (Å²) in [6.45, 7) is 5.74. The van der Waals surface area contributed by atoms with Gasteiger partial charge in [-0.25, -0.2) is 9.97 Å². The van der Waals surface area contributed by atoms with Gasteiger partial charge in [-0.15, -0.1) is 11.3 Å². The Morgan fingerprint density at radius 2 is 1.95 bits per heavy atom. The Morgan fingerprint density at radius 1 is 1.21 bits per heavy atom. The number of aromatic nitrogens is 2. The Bertz CT molecular complexity index is 541. The van der Waals surface area contributed by atoms with Crippen molar-refractivity contribution in [3.05, 3.63) is 32.7 Å². The summed E-state index contributed by atoms with van der Waals surface area (Å²) in [5, 5.41) is 8.69. The molecule has 19 heavy (non-hydrogen) atoms. The molecule has 0 atom stereocenters. The van der Waals surface area contributed by atoms with E-state index in [-0.39, 0.29) is 0 Å². The van der Waals surface area contributed by atoms with Crippen LogP contribution in [0.4, 0.5) is 11.6 Å². The highest BCUT2D eigenvalue weighted by Gasteiger charge is 2.02. The van der Waals surface area contributed by atoms with Crippen LogP contribution < -0.4 is 10.6 Å². The molecule has 0 saturated carbocycles. The number of halogens is 1. The second-order valence-corrected chi connectivity index (χ2v) is 6.11. The molecule has 2 aromatic heterocycles. The molecule has 102 valence electrons. The van der Waals surface area contributed by atoms with Crippen molar-refractivity contribution in [2.45, 2.75) is 26.8 Å². The molecule has 6 heteroatoms. The highest BCUT2D eigenvalue weighted by atomic mass is 79.9. The number of anilines is 2. The molecule has 0 fully saturated rings. The fraction of sp³-hybridized carbons (Fsp3) is 0.385. The van der Waals surface area contributed by atoms with Gasteiger partial charge in [0.15, 0.2) is 0 Å². The average Bonchev–Trinajstić information content (AvgIpc) is 2.79. The second kappa shape index (κ2) is 6.86. The molecule has 2 aromatic rings. The third kappa shape index (κ3) is 4.47. The zero-order valence-corrected chi connectivity index (χ0v) is 13.4. The molecule has 0 aliphatic heterocycles. The Labute approximate surface area is 125 Å². The molecule has 4 nitrogen and oxygen atoms in total. The van der Waals surface area contributed by atoms with Gasteiger partial charge in [0.2, 0.25) is 0 Å². The van der Waals surface area contributed by atoms with E-state index in [1.54, 1.807) is 11.3 Å². The highest BCUT2D eigenvalue weighted by Crippen LogP contribution is 2.21. The number of hydrogen-bond donors (Lipinski definition) is 2. The minimum atomic E-state index is 0.774. The van der Waals surface area contributed by atoms with Gasteiger partial charge in [0.05, 0.1) is 6.54 Å². The molecule has 0 saturated heterocycles. The number of nitrogens with zero attached hydrogens (tertiary/aromatic N) is 2. The summed E-state index contributed by atoms with van der Waals surface area (Å²) in [6, 6.07) is 4.06. The van der Waals surface area contributed by atoms with Crippen LogP contribution in [0.2, 0.25) is 0 Å². The van der Waals surface area contributed by atoms with Crippen LogP contribution in [0.15, 0.2) is 22.0 Å². The summed E-state index contributed by atoms with van der Waals surface area (Å²) in [5.74, 6) is 2.51. The third-order valence-electron chi connectivity index (χ3n) is 2.46. The molecule has 0 unspecified atom stereocenters. The standard InChI is InChI=1S/C13H17BrN4S/c1-3-4-15-12-6-13(18-9(2)17-12)16-7-11-5-10(14)8-19-11/h5-6,8H,3-4,7H2,1-2H3,(H2,15,16,17,18). The van der Waals surface area contributed by atoms with Crippen molar-refractivity contribution in [1.29, 1.82) is 0 Å². The average molecular weight is 341 g/mol. The quantitative estimate of drug-likeness (QED) is 0.832. The molecule has 0 radical (unpaired) electrons. The Kier molecular flexibility index (Phi) is 5.15. The van der Waals surface area contributed by atoms with E-state index < -0.39 is 0 Å². The summed E-state index contributed by atoms with van der Waals surface area (Å²) >= 11 is 5.18. The number of nitrogens with one attached hydrogen (secondary N) is 2. The van der Waals surface area contributed by atoms with Crippen LogP contribution in [0.25, 0.3) is 0 Å². The molecule has 2 heterocycles. The van der Waals surface area contributed by atoms with E-state index in [9.17, 15) is 0 Å². The smallest absolute Gasteiger partial charge is 0.132 e. The monoisotopic (exact) mass is 340 g/mol. The van der Waals surface area contributed by atoms with Gasteiger partial charge in [-0.05, 0) is 35.3 Å². The zero-order chi connectivity index (χ0) is 13.7. The van der Waals surface area contributed by atoms with Crippen molar-refractivity contribution >= 4 is 38.9 Å². The van der Waals surface area contributed by atoms with E-state index in [0.717, 1.165) is 41.4 Å². The molecule has 2 N–H and O–H groups in total. The molecule has 2 rings (SSSR count). The SMILES string of the molecule is CCCNc1cc(NCc2cc(Br)cs2)nc(C)n1. The van der Waals surface area contributed by atoms with E-state index in [1.807, 2.05) is 13.0 Å². The molecule has 0 bridgehead atoms. The van der Waals surface area contributed by atoms with Crippen LogP contribution in [0.5, 0.6) is 0 Å². The lowest BCUT2D eigenvalue weighted by atomic mass is 10.4. The van der Waals surface area contributed by atoms with Crippen molar-refractivity contribution in [3.8, 4) is 0 Å². The fourth-order valence-electron chi connectivity index (χ4n) is 1.63. The number of rotatable bonds is 6. The summed E-state index contributed by atoms with van der Waals surface area (Å²) in [6.07, 6.45) is 1.08. The Hall–Kier alpha value is -1.14. The lowest BCUT2D eigenvalue weighted by molar-refractivity contribution is 0.952. The molecular weight excluding hydrogens is 324 g/mol. The van der Waals surface area contributed by atoms with Crippen LogP contribution in [0.3, 0.4) is 0 Å². The van der Waals surface area contributed by atoms with Crippen molar-refractivity contribution in [2.24, 2.45) is 0 Å². The first-order valence-electron chi connectivity index (χ1n) is 6.23. The first kappa shape index (κ1) is 14.3. The Morgan fingerprint density at radius 3 is 2.58 bits per heavy atom. The number of thiophene rings is 1. The topological polar surface area (TPSA) is 49.8 Å². The summed E-state index contributed by atoms with van der Waals surface area (Å²) in [7, 11) is 0. The second-order valence-electron chi connectivity index (χ2n) is 4.20. The molecule has 0 spiro atoms. The van der Waals surface area contributed by atoms with Crippen molar-refractivity contribution < 1.29 is 0 Å². The van der Waals surface area contributed by atoms with Gasteiger partial charge in [0.1, 0.15) is 17.5 Å². The van der Waals surface area contributed by atoms with Gasteiger partial charge in [-0.2, -0.15) is 0 Å². The van der Waals surface area contributed by atoms with E-state index in [1.165, 1.54) is 4.88 Å². The van der Waals surface area contributed by atoms with Crippen molar-refractivity contribution in [3.63, 3.8) is 0 Å². The first-order valence-corrected chi connectivity index (χ1v) is 7.91. The van der Waals surface area contributed by atoms with Gasteiger partial charge >= 0.3 is 0 Å². The molecule has 0 aliphatic rings. The van der Waals surface area contributed by atoms with Crippen LogP contribution in [-0.4, -0.2) is 16.5 Å². The van der Waals surface area contributed by atoms with Crippen molar-refractivity contribution in [2.75, 3.05) is 17.2 Å². The first-order chi connectivity index (χ1) is 9.17. The lowest BCUT2D eigenvalue weighted by Gasteiger charge is -2.09. The van der Waals surface area contributed by atoms with Gasteiger partial charge in [-0.3, -0.25) is 0 Å². The largest absolute Gasteiger partial charge is 0.370 e. The van der Waals surface area contributed by atoms with E-state index in [4.69, 9.17) is 0 Å². The molecule has 0 aliphatic carbocycles. The maximum Gasteiger partial charge on any atom is 0.132 e. The summed E-state index contributed by atoms with van der Waals surface area (Å²) in [4.78, 5) is 10.0. The maximum atomic E-state index is 4.39. The van der Waals surface area contributed by atoms with Crippen LogP contribution >= 0.6 is 27.3 Å². The molecule has 0 amide bonds. The predicted octanol–water partition coefficient (Wildman–Crippen LogP) is 4.04. The zero-order valence-electron chi connectivity index (χ0n) is 11.0. The molecule has 0 aromatic carbocycles. The maximum absolute atomic E-state index is 4.39. The van der Waals surface area contributed by atoms with Crippen LogP contribution in [0, 0.1) is 6.92 Å². The van der Waals surface area contributed by atoms with Crippen LogP contribution in [0.1, 0.15) is 24.0 Å². The van der Waals surface area contributed by atoms with Gasteiger partial charge in [0.25, 0.3) is 0 Å². The minimum absolute atomic E-state index is 0.774. The number of hydrogen-bond acceptors (Lipinski definition) is 5. The van der Waals surface area contributed by atoms with Gasteiger partial charge in [-0.1, -0.05) is 6.92 Å². The van der Waals surface area contributed by atoms with Crippen LogP contribution in [-0.2, 0) is 6.54 Å². The van der Waals surface area contributed by atoms with E-state index in [2.05, 4.69) is 54.9 Å². The van der Waals surface area contributed by atoms with Crippen molar-refractivity contribution in [1.82, 2.24) is 9.97 Å². The number of aryl methyl sites for hydroxylation is 1. The van der Waals surface area contributed by atoms with E-state index >= 15 is 0 Å².